The molecule has 6 heteroatoms. The van der Waals surface area contributed by atoms with Gasteiger partial charge >= 0.3 is 5.97 Å². The molecule has 19 heavy (non-hydrogen) atoms. The smallest absolute Gasteiger partial charge is 0.306 e. The van der Waals surface area contributed by atoms with E-state index in [0.29, 0.717) is 10.6 Å². The maximum Gasteiger partial charge on any atom is 0.306 e. The molecule has 0 aliphatic rings. The van der Waals surface area contributed by atoms with E-state index >= 15 is 0 Å². The zero-order valence-electron chi connectivity index (χ0n) is 10.7. The summed E-state index contributed by atoms with van der Waals surface area (Å²) < 4.78 is 0. The first kappa shape index (κ1) is 15.5. The Morgan fingerprint density at radius 2 is 2.05 bits per heavy atom. The molecule has 3 N–H and O–H groups in total. The number of hydrogen-bond donors (Lipinski definition) is 3. The Balaban J connectivity index is 2.65. The lowest BCUT2D eigenvalue weighted by Gasteiger charge is -2.21. The van der Waals surface area contributed by atoms with Crippen LogP contribution in [0.3, 0.4) is 0 Å². The molecule has 1 atom stereocenters. The van der Waals surface area contributed by atoms with E-state index in [9.17, 15) is 14.7 Å². The average Bonchev–Trinajstić information content (AvgIpc) is 2.28. The van der Waals surface area contributed by atoms with Crippen LogP contribution in [0.15, 0.2) is 18.2 Å². The molecule has 1 rings (SSSR count). The summed E-state index contributed by atoms with van der Waals surface area (Å²) in [5.41, 5.74) is -0.270. The van der Waals surface area contributed by atoms with Crippen LogP contribution in [0.2, 0.25) is 5.02 Å². The third-order valence-corrected chi connectivity index (χ3v) is 3.00. The summed E-state index contributed by atoms with van der Waals surface area (Å²) in [6, 6.07) is 4.85. The van der Waals surface area contributed by atoms with Crippen LogP contribution < -0.4 is 5.32 Å². The van der Waals surface area contributed by atoms with Gasteiger partial charge in [-0.1, -0.05) is 17.7 Å². The van der Waals surface area contributed by atoms with E-state index in [1.165, 1.54) is 13.0 Å². The predicted molar refractivity (Wildman–Crippen MR) is 71.4 cm³/mol. The standard InChI is InChI=1S/C13H16ClNO4/c1-8-3-4-9(5-10(8)14)12(18)15-7-13(2,19)6-11(16)17/h3-5,19H,6-7H2,1-2H3,(H,15,18)(H,16,17). The molecule has 0 fully saturated rings. The van der Waals surface area contributed by atoms with E-state index in [-0.39, 0.29) is 6.54 Å². The van der Waals surface area contributed by atoms with Crippen molar-refractivity contribution >= 4 is 23.5 Å². The first-order chi connectivity index (χ1) is 8.71. The van der Waals surface area contributed by atoms with Crippen molar-refractivity contribution in [3.05, 3.63) is 34.3 Å². The van der Waals surface area contributed by atoms with Crippen LogP contribution in [0.4, 0.5) is 0 Å². The van der Waals surface area contributed by atoms with Crippen molar-refractivity contribution in [3.8, 4) is 0 Å². The topological polar surface area (TPSA) is 86.6 Å². The van der Waals surface area contributed by atoms with Crippen LogP contribution >= 0.6 is 11.6 Å². The fourth-order valence-corrected chi connectivity index (χ4v) is 1.68. The normalized spacial score (nSPS) is 13.7. The van der Waals surface area contributed by atoms with Crippen molar-refractivity contribution < 1.29 is 19.8 Å². The van der Waals surface area contributed by atoms with Crippen molar-refractivity contribution in [3.63, 3.8) is 0 Å². The molecule has 0 aromatic heterocycles. The molecular formula is C13H16ClNO4. The fourth-order valence-electron chi connectivity index (χ4n) is 1.50. The molecule has 0 heterocycles. The number of benzene rings is 1. The summed E-state index contributed by atoms with van der Waals surface area (Å²) in [5.74, 6) is -1.54. The lowest BCUT2D eigenvalue weighted by atomic mass is 10.0. The second-order valence-corrected chi connectivity index (χ2v) is 5.12. The van der Waals surface area contributed by atoms with Crippen molar-refractivity contribution in [2.45, 2.75) is 25.9 Å². The van der Waals surface area contributed by atoms with Crippen LogP contribution in [0.25, 0.3) is 0 Å². The molecule has 1 aromatic carbocycles. The van der Waals surface area contributed by atoms with Gasteiger partial charge in [-0.2, -0.15) is 0 Å². The van der Waals surface area contributed by atoms with Crippen LogP contribution in [-0.4, -0.2) is 34.2 Å². The number of halogens is 1. The molecule has 1 aromatic rings. The maximum absolute atomic E-state index is 11.8. The number of carboxylic acid groups (broad SMARTS) is 1. The van der Waals surface area contributed by atoms with Gasteiger partial charge in [-0.25, -0.2) is 0 Å². The lowest BCUT2D eigenvalue weighted by molar-refractivity contribution is -0.141. The van der Waals surface area contributed by atoms with Gasteiger partial charge in [-0.3, -0.25) is 9.59 Å². The van der Waals surface area contributed by atoms with Gasteiger partial charge in [0.1, 0.15) is 0 Å². The summed E-state index contributed by atoms with van der Waals surface area (Å²) in [7, 11) is 0. The Hall–Kier alpha value is -1.59. The quantitative estimate of drug-likeness (QED) is 0.767. The van der Waals surface area contributed by atoms with Crippen LogP contribution in [-0.2, 0) is 4.79 Å². The predicted octanol–water partition coefficient (Wildman–Crippen LogP) is 1.60. The lowest BCUT2D eigenvalue weighted by Crippen LogP contribution is -2.42. The van der Waals surface area contributed by atoms with Gasteiger partial charge < -0.3 is 15.5 Å². The highest BCUT2D eigenvalue weighted by Gasteiger charge is 2.25. The molecule has 1 amide bonds. The van der Waals surface area contributed by atoms with E-state index in [0.717, 1.165) is 5.56 Å². The minimum Gasteiger partial charge on any atom is -0.481 e. The van der Waals surface area contributed by atoms with Gasteiger partial charge in [0.05, 0.1) is 12.0 Å². The minimum absolute atomic E-state index is 0.149. The molecule has 5 nitrogen and oxygen atoms in total. The number of carbonyl (C=O) groups excluding carboxylic acids is 1. The monoisotopic (exact) mass is 285 g/mol. The Morgan fingerprint density at radius 3 is 2.58 bits per heavy atom. The van der Waals surface area contributed by atoms with E-state index in [1.807, 2.05) is 6.92 Å². The number of carboxylic acids is 1. The van der Waals surface area contributed by atoms with Gasteiger partial charge in [0, 0.05) is 17.1 Å². The molecule has 0 aliphatic heterocycles. The van der Waals surface area contributed by atoms with Crippen molar-refractivity contribution in [1.82, 2.24) is 5.32 Å². The Labute approximate surface area is 116 Å². The summed E-state index contributed by atoms with van der Waals surface area (Å²) in [4.78, 5) is 22.3. The van der Waals surface area contributed by atoms with Gasteiger partial charge in [0.2, 0.25) is 0 Å². The van der Waals surface area contributed by atoms with Crippen LogP contribution in [0.1, 0.15) is 29.3 Å². The maximum atomic E-state index is 11.8. The first-order valence-corrected chi connectivity index (χ1v) is 6.07. The third-order valence-electron chi connectivity index (χ3n) is 2.60. The molecule has 0 aliphatic carbocycles. The highest BCUT2D eigenvalue weighted by molar-refractivity contribution is 6.31. The number of carbonyl (C=O) groups is 2. The first-order valence-electron chi connectivity index (χ1n) is 5.70. The second kappa shape index (κ2) is 6.04. The molecule has 104 valence electrons. The summed E-state index contributed by atoms with van der Waals surface area (Å²) in [5, 5.41) is 21.3. The zero-order chi connectivity index (χ0) is 14.6. The van der Waals surface area contributed by atoms with E-state index < -0.39 is 23.9 Å². The van der Waals surface area contributed by atoms with Crippen molar-refractivity contribution in [1.29, 1.82) is 0 Å². The highest BCUT2D eigenvalue weighted by Crippen LogP contribution is 2.16. The van der Waals surface area contributed by atoms with Gasteiger partial charge in [0.25, 0.3) is 5.91 Å². The molecule has 0 saturated carbocycles. The van der Waals surface area contributed by atoms with E-state index in [2.05, 4.69) is 5.32 Å². The van der Waals surface area contributed by atoms with Crippen LogP contribution in [0.5, 0.6) is 0 Å². The number of hydrogen-bond acceptors (Lipinski definition) is 3. The van der Waals surface area contributed by atoms with Gasteiger partial charge in [-0.15, -0.1) is 0 Å². The van der Waals surface area contributed by atoms with Gasteiger partial charge in [-0.05, 0) is 31.5 Å². The number of aliphatic carboxylic acids is 1. The molecule has 0 bridgehead atoms. The fraction of sp³-hybridized carbons (Fsp3) is 0.385. The van der Waals surface area contributed by atoms with Crippen molar-refractivity contribution in [2.75, 3.05) is 6.54 Å². The van der Waals surface area contributed by atoms with Gasteiger partial charge in [0.15, 0.2) is 0 Å². The van der Waals surface area contributed by atoms with E-state index in [1.54, 1.807) is 12.1 Å². The molecule has 0 spiro atoms. The highest BCUT2D eigenvalue weighted by atomic mass is 35.5. The molecule has 0 radical (unpaired) electrons. The summed E-state index contributed by atoms with van der Waals surface area (Å²) in [6.07, 6.45) is -0.443. The SMILES string of the molecule is Cc1ccc(C(=O)NCC(C)(O)CC(=O)O)cc1Cl. The largest absolute Gasteiger partial charge is 0.481 e. The average molecular weight is 286 g/mol. The molecule has 0 saturated heterocycles. The number of nitrogens with one attached hydrogen (secondary N) is 1. The Morgan fingerprint density at radius 1 is 1.42 bits per heavy atom. The van der Waals surface area contributed by atoms with Crippen LogP contribution in [0, 0.1) is 6.92 Å². The molecule has 1 unspecified atom stereocenters. The number of aliphatic hydroxyl groups is 1. The Bertz CT molecular complexity index is 499. The summed E-state index contributed by atoms with van der Waals surface area (Å²) in [6.45, 7) is 3.02. The minimum atomic E-state index is -1.49. The number of amides is 1. The third kappa shape index (κ3) is 4.89. The van der Waals surface area contributed by atoms with Crippen molar-refractivity contribution in [2.24, 2.45) is 0 Å². The van der Waals surface area contributed by atoms with E-state index in [4.69, 9.17) is 16.7 Å². The number of rotatable bonds is 5. The Kier molecular flexibility index (Phi) is 4.91. The number of aryl methyl sites for hydroxylation is 1. The summed E-state index contributed by atoms with van der Waals surface area (Å²) >= 11 is 5.91. The second-order valence-electron chi connectivity index (χ2n) is 4.71. The zero-order valence-corrected chi connectivity index (χ0v) is 11.5. The molecular weight excluding hydrogens is 270 g/mol.